The first-order valence-corrected chi connectivity index (χ1v) is 10.8. The first-order valence-electron chi connectivity index (χ1n) is 10.8. The lowest BCUT2D eigenvalue weighted by Crippen LogP contribution is -2.41. The summed E-state index contributed by atoms with van der Waals surface area (Å²) in [4.78, 5) is 15.2. The summed E-state index contributed by atoms with van der Waals surface area (Å²) >= 11 is 0. The SMILES string of the molecule is COc1ccc(CNC(=O)C2CCN([C@H](C)c3cccc4ccccc34)CC2)cc1. The van der Waals surface area contributed by atoms with Gasteiger partial charge in [0.25, 0.3) is 0 Å². The molecular formula is C26H30N2O2. The van der Waals surface area contributed by atoms with E-state index in [1.54, 1.807) is 7.11 Å². The van der Waals surface area contributed by atoms with E-state index in [-0.39, 0.29) is 11.8 Å². The smallest absolute Gasteiger partial charge is 0.223 e. The minimum Gasteiger partial charge on any atom is -0.497 e. The Morgan fingerprint density at radius 2 is 1.73 bits per heavy atom. The lowest BCUT2D eigenvalue weighted by Gasteiger charge is -2.36. The Morgan fingerprint density at radius 3 is 2.47 bits per heavy atom. The number of ether oxygens (including phenoxy) is 1. The summed E-state index contributed by atoms with van der Waals surface area (Å²) in [6.07, 6.45) is 1.81. The van der Waals surface area contributed by atoms with E-state index in [1.165, 1.54) is 16.3 Å². The molecule has 0 unspecified atom stereocenters. The third-order valence-electron chi connectivity index (χ3n) is 6.35. The molecule has 1 aliphatic rings. The molecule has 3 aromatic rings. The Labute approximate surface area is 178 Å². The van der Waals surface area contributed by atoms with Crippen LogP contribution in [-0.4, -0.2) is 31.0 Å². The van der Waals surface area contributed by atoms with Crippen LogP contribution in [0.3, 0.4) is 0 Å². The summed E-state index contributed by atoms with van der Waals surface area (Å²) in [7, 11) is 1.66. The fourth-order valence-corrected chi connectivity index (χ4v) is 4.44. The summed E-state index contributed by atoms with van der Waals surface area (Å²) < 4.78 is 5.18. The predicted molar refractivity (Wildman–Crippen MR) is 122 cm³/mol. The highest BCUT2D eigenvalue weighted by atomic mass is 16.5. The van der Waals surface area contributed by atoms with Gasteiger partial charge in [-0.15, -0.1) is 0 Å². The third kappa shape index (κ3) is 4.49. The van der Waals surface area contributed by atoms with Gasteiger partial charge in [-0.05, 0) is 66.9 Å². The molecule has 1 aliphatic heterocycles. The number of benzene rings is 3. The first kappa shape index (κ1) is 20.4. The van der Waals surface area contributed by atoms with Gasteiger partial charge in [0.2, 0.25) is 5.91 Å². The molecule has 156 valence electrons. The zero-order valence-electron chi connectivity index (χ0n) is 17.8. The number of rotatable bonds is 6. The van der Waals surface area contributed by atoms with Crippen molar-refractivity contribution in [3.63, 3.8) is 0 Å². The number of methoxy groups -OCH3 is 1. The average molecular weight is 403 g/mol. The van der Waals surface area contributed by atoms with Crippen LogP contribution in [0.1, 0.15) is 36.9 Å². The van der Waals surface area contributed by atoms with Crippen LogP contribution in [0.5, 0.6) is 5.75 Å². The number of likely N-dealkylation sites (tertiary alicyclic amines) is 1. The van der Waals surface area contributed by atoms with Crippen LogP contribution in [0.2, 0.25) is 0 Å². The molecule has 0 saturated carbocycles. The average Bonchev–Trinajstić information content (AvgIpc) is 2.82. The van der Waals surface area contributed by atoms with Crippen molar-refractivity contribution < 1.29 is 9.53 Å². The van der Waals surface area contributed by atoms with E-state index in [1.807, 2.05) is 24.3 Å². The first-order chi connectivity index (χ1) is 14.7. The quantitative estimate of drug-likeness (QED) is 0.635. The van der Waals surface area contributed by atoms with Gasteiger partial charge < -0.3 is 10.1 Å². The fraction of sp³-hybridized carbons (Fsp3) is 0.346. The molecule has 0 bridgehead atoms. The normalized spacial score (nSPS) is 16.3. The predicted octanol–water partition coefficient (Wildman–Crippen LogP) is 4.94. The number of hydrogen-bond acceptors (Lipinski definition) is 3. The van der Waals surface area contributed by atoms with Gasteiger partial charge in [-0.3, -0.25) is 9.69 Å². The molecule has 1 atom stereocenters. The molecule has 1 heterocycles. The molecule has 1 saturated heterocycles. The highest BCUT2D eigenvalue weighted by molar-refractivity contribution is 5.86. The maximum absolute atomic E-state index is 12.7. The van der Waals surface area contributed by atoms with E-state index in [0.29, 0.717) is 12.6 Å². The lowest BCUT2D eigenvalue weighted by atomic mass is 9.92. The van der Waals surface area contributed by atoms with Crippen molar-refractivity contribution in [2.24, 2.45) is 5.92 Å². The molecule has 0 aromatic heterocycles. The van der Waals surface area contributed by atoms with Crippen molar-refractivity contribution in [2.75, 3.05) is 20.2 Å². The summed E-state index contributed by atoms with van der Waals surface area (Å²) in [5, 5.41) is 5.72. The van der Waals surface area contributed by atoms with Gasteiger partial charge in [-0.2, -0.15) is 0 Å². The topological polar surface area (TPSA) is 41.6 Å². The van der Waals surface area contributed by atoms with Gasteiger partial charge in [-0.25, -0.2) is 0 Å². The van der Waals surface area contributed by atoms with Crippen LogP contribution >= 0.6 is 0 Å². The molecule has 0 radical (unpaired) electrons. The van der Waals surface area contributed by atoms with Gasteiger partial charge in [-0.1, -0.05) is 54.6 Å². The van der Waals surface area contributed by atoms with E-state index in [4.69, 9.17) is 4.74 Å². The molecule has 1 fully saturated rings. The number of amides is 1. The molecule has 0 aliphatic carbocycles. The molecule has 1 N–H and O–H groups in total. The summed E-state index contributed by atoms with van der Waals surface area (Å²) in [6, 6.07) is 23.3. The van der Waals surface area contributed by atoms with Gasteiger partial charge in [0.1, 0.15) is 5.75 Å². The summed E-state index contributed by atoms with van der Waals surface area (Å²) in [5.41, 5.74) is 2.46. The molecule has 1 amide bonds. The van der Waals surface area contributed by atoms with E-state index < -0.39 is 0 Å². The van der Waals surface area contributed by atoms with Crippen molar-refractivity contribution in [1.29, 1.82) is 0 Å². The Morgan fingerprint density at radius 1 is 1.03 bits per heavy atom. The second-order valence-electron chi connectivity index (χ2n) is 8.12. The Balaban J connectivity index is 1.32. The number of carbonyl (C=O) groups is 1. The molecule has 4 rings (SSSR count). The largest absolute Gasteiger partial charge is 0.497 e. The zero-order chi connectivity index (χ0) is 20.9. The summed E-state index contributed by atoms with van der Waals surface area (Å²) in [6.45, 7) is 4.75. The van der Waals surface area contributed by atoms with Gasteiger partial charge in [0.15, 0.2) is 0 Å². The van der Waals surface area contributed by atoms with Gasteiger partial charge >= 0.3 is 0 Å². The van der Waals surface area contributed by atoms with Crippen LogP contribution in [0.25, 0.3) is 10.8 Å². The van der Waals surface area contributed by atoms with Crippen molar-refractivity contribution in [3.05, 3.63) is 77.9 Å². The standard InChI is InChI=1S/C26H30N2O2/c1-19(24-9-5-7-21-6-3-4-8-25(21)24)28-16-14-22(15-17-28)26(29)27-18-20-10-12-23(30-2)13-11-20/h3-13,19,22H,14-18H2,1-2H3,(H,27,29)/t19-/m1/s1. The number of nitrogens with one attached hydrogen (secondary N) is 1. The summed E-state index contributed by atoms with van der Waals surface area (Å²) in [5.74, 6) is 1.10. The zero-order valence-corrected chi connectivity index (χ0v) is 17.8. The van der Waals surface area contributed by atoms with Crippen molar-refractivity contribution in [2.45, 2.75) is 32.4 Å². The number of nitrogens with zero attached hydrogens (tertiary/aromatic N) is 1. The monoisotopic (exact) mass is 402 g/mol. The number of hydrogen-bond donors (Lipinski definition) is 1. The van der Waals surface area contributed by atoms with Crippen LogP contribution in [0, 0.1) is 5.92 Å². The van der Waals surface area contributed by atoms with Crippen LogP contribution in [0.15, 0.2) is 66.7 Å². The van der Waals surface area contributed by atoms with Crippen molar-refractivity contribution >= 4 is 16.7 Å². The fourth-order valence-electron chi connectivity index (χ4n) is 4.44. The van der Waals surface area contributed by atoms with Crippen LogP contribution < -0.4 is 10.1 Å². The second kappa shape index (κ2) is 9.31. The maximum Gasteiger partial charge on any atom is 0.223 e. The van der Waals surface area contributed by atoms with Crippen molar-refractivity contribution in [1.82, 2.24) is 10.2 Å². The lowest BCUT2D eigenvalue weighted by molar-refractivity contribution is -0.126. The van der Waals surface area contributed by atoms with Gasteiger partial charge in [0.05, 0.1) is 7.11 Å². The number of fused-ring (bicyclic) bond motifs is 1. The van der Waals surface area contributed by atoms with Crippen LogP contribution in [0.4, 0.5) is 0 Å². The Bertz CT molecular complexity index is 986. The highest BCUT2D eigenvalue weighted by Crippen LogP contribution is 2.31. The maximum atomic E-state index is 12.7. The molecule has 3 aromatic carbocycles. The van der Waals surface area contributed by atoms with E-state index in [2.05, 4.69) is 59.6 Å². The molecule has 4 heteroatoms. The van der Waals surface area contributed by atoms with E-state index in [0.717, 1.165) is 37.2 Å². The Hall–Kier alpha value is -2.85. The van der Waals surface area contributed by atoms with E-state index in [9.17, 15) is 4.79 Å². The third-order valence-corrected chi connectivity index (χ3v) is 6.35. The Kier molecular flexibility index (Phi) is 6.34. The molecule has 4 nitrogen and oxygen atoms in total. The molecule has 0 spiro atoms. The molecule has 30 heavy (non-hydrogen) atoms. The minimum absolute atomic E-state index is 0.0965. The molecular weight excluding hydrogens is 372 g/mol. The van der Waals surface area contributed by atoms with E-state index >= 15 is 0 Å². The second-order valence-corrected chi connectivity index (χ2v) is 8.12. The highest BCUT2D eigenvalue weighted by Gasteiger charge is 2.28. The number of piperidine rings is 1. The van der Waals surface area contributed by atoms with Gasteiger partial charge in [0, 0.05) is 18.5 Å². The minimum atomic E-state index is 0.0965. The number of carbonyl (C=O) groups excluding carboxylic acids is 1. The van der Waals surface area contributed by atoms with Crippen molar-refractivity contribution in [3.8, 4) is 5.75 Å². The van der Waals surface area contributed by atoms with Crippen LogP contribution in [-0.2, 0) is 11.3 Å².